The second kappa shape index (κ2) is 13.6. The highest BCUT2D eigenvalue weighted by Gasteiger charge is 2.37. The van der Waals surface area contributed by atoms with Crippen molar-refractivity contribution in [2.45, 2.75) is 110 Å². The van der Waals surface area contributed by atoms with Crippen molar-refractivity contribution in [3.05, 3.63) is 0 Å². The van der Waals surface area contributed by atoms with Crippen molar-refractivity contribution in [1.82, 2.24) is 0 Å². The Bertz CT molecular complexity index is 570. The number of ether oxygens (including phenoxy) is 3. The molecule has 6 nitrogen and oxygen atoms in total. The van der Waals surface area contributed by atoms with E-state index in [1.807, 2.05) is 20.8 Å². The Morgan fingerprint density at radius 1 is 0.839 bits per heavy atom. The van der Waals surface area contributed by atoms with E-state index in [1.165, 1.54) is 0 Å². The summed E-state index contributed by atoms with van der Waals surface area (Å²) in [5.41, 5.74) is -0.483. The van der Waals surface area contributed by atoms with Crippen LogP contribution in [0.3, 0.4) is 0 Å². The van der Waals surface area contributed by atoms with Crippen molar-refractivity contribution >= 4 is 17.9 Å². The predicted octanol–water partition coefficient (Wildman–Crippen LogP) is 5.36. The summed E-state index contributed by atoms with van der Waals surface area (Å²) in [7, 11) is 0. The molecule has 0 unspecified atom stereocenters. The molecule has 31 heavy (non-hydrogen) atoms. The van der Waals surface area contributed by atoms with Gasteiger partial charge >= 0.3 is 17.9 Å². The molecule has 1 aliphatic carbocycles. The van der Waals surface area contributed by atoms with Gasteiger partial charge in [0.2, 0.25) is 0 Å². The highest BCUT2D eigenvalue weighted by Crippen LogP contribution is 2.26. The molecule has 8 heteroatoms. The van der Waals surface area contributed by atoms with E-state index in [2.05, 4.69) is 0 Å². The summed E-state index contributed by atoms with van der Waals surface area (Å²) in [6.07, 6.45) is 5.28. The summed E-state index contributed by atoms with van der Waals surface area (Å²) in [6.45, 7) is 6.00. The average molecular weight is 449 g/mol. The van der Waals surface area contributed by atoms with Crippen LogP contribution in [-0.2, 0) is 28.6 Å². The minimum Gasteiger partial charge on any atom is -0.466 e. The van der Waals surface area contributed by atoms with Gasteiger partial charge in [0.15, 0.2) is 0 Å². The molecule has 0 heterocycles. The highest BCUT2D eigenvalue weighted by atomic mass is 19.3. The maximum atomic E-state index is 13.9. The van der Waals surface area contributed by atoms with E-state index in [0.29, 0.717) is 38.7 Å². The molecule has 1 aliphatic rings. The van der Waals surface area contributed by atoms with Gasteiger partial charge in [0.25, 0.3) is 5.92 Å². The summed E-state index contributed by atoms with van der Waals surface area (Å²) in [4.78, 5) is 35.2. The normalized spacial score (nSPS) is 15.4. The number of unbranched alkanes of at least 4 members (excludes halogenated alkanes) is 3. The van der Waals surface area contributed by atoms with Crippen molar-refractivity contribution in [3.8, 4) is 0 Å². The third-order valence-electron chi connectivity index (χ3n) is 5.63. The van der Waals surface area contributed by atoms with E-state index in [4.69, 9.17) is 14.2 Å². The Morgan fingerprint density at radius 2 is 1.39 bits per heavy atom. The van der Waals surface area contributed by atoms with E-state index in [1.54, 1.807) is 0 Å². The van der Waals surface area contributed by atoms with Crippen LogP contribution >= 0.6 is 0 Å². The van der Waals surface area contributed by atoms with Crippen LogP contribution in [-0.4, -0.2) is 43.1 Å². The van der Waals surface area contributed by atoms with Gasteiger partial charge in [-0.05, 0) is 71.6 Å². The largest absolute Gasteiger partial charge is 0.466 e. The van der Waals surface area contributed by atoms with Crippen LogP contribution in [0.5, 0.6) is 0 Å². The van der Waals surface area contributed by atoms with Gasteiger partial charge in [-0.15, -0.1) is 0 Å². The Kier molecular flexibility index (Phi) is 12.0. The van der Waals surface area contributed by atoms with Crippen LogP contribution < -0.4 is 0 Å². The summed E-state index contributed by atoms with van der Waals surface area (Å²) in [5, 5.41) is 0. The third-order valence-corrected chi connectivity index (χ3v) is 5.63. The minimum absolute atomic E-state index is 0.0457. The molecule has 0 spiro atoms. The van der Waals surface area contributed by atoms with Crippen molar-refractivity contribution in [3.63, 3.8) is 0 Å². The number of esters is 3. The number of carbonyl (C=O) groups is 3. The van der Waals surface area contributed by atoms with Gasteiger partial charge in [-0.1, -0.05) is 13.3 Å². The third kappa shape index (κ3) is 12.0. The molecule has 1 saturated carbocycles. The quantitative estimate of drug-likeness (QED) is 0.202. The number of carbonyl (C=O) groups excluding carboxylic acids is 3. The first-order chi connectivity index (χ1) is 14.6. The standard InChI is InChI=1S/C23H38F2O6/c1-4-22(2,3)21(28)30-15-11-6-5-10-14-29-19(26)16-23(24,25)17-20(27)31-18-12-8-7-9-13-18/h18H,4-17H2,1-3H3. The van der Waals surface area contributed by atoms with Gasteiger partial charge in [-0.2, -0.15) is 0 Å². The molecular weight excluding hydrogens is 410 g/mol. The van der Waals surface area contributed by atoms with Gasteiger partial charge in [0, 0.05) is 0 Å². The lowest BCUT2D eigenvalue weighted by molar-refractivity contribution is -0.163. The molecular formula is C23H38F2O6. The van der Waals surface area contributed by atoms with Crippen molar-refractivity contribution in [2.75, 3.05) is 13.2 Å². The number of hydrogen-bond donors (Lipinski definition) is 0. The van der Waals surface area contributed by atoms with E-state index in [0.717, 1.165) is 32.1 Å². The number of alkyl halides is 2. The molecule has 0 bridgehead atoms. The Morgan fingerprint density at radius 3 is 1.97 bits per heavy atom. The molecule has 0 atom stereocenters. The lowest BCUT2D eigenvalue weighted by Gasteiger charge is -2.23. The predicted molar refractivity (Wildman–Crippen MR) is 112 cm³/mol. The molecule has 0 saturated heterocycles. The first-order valence-electron chi connectivity index (χ1n) is 11.5. The summed E-state index contributed by atoms with van der Waals surface area (Å²) >= 11 is 0. The van der Waals surface area contributed by atoms with E-state index in [-0.39, 0.29) is 18.7 Å². The van der Waals surface area contributed by atoms with Crippen molar-refractivity contribution in [1.29, 1.82) is 0 Å². The number of hydrogen-bond acceptors (Lipinski definition) is 6. The molecule has 0 amide bonds. The van der Waals surface area contributed by atoms with Crippen molar-refractivity contribution in [2.24, 2.45) is 5.41 Å². The van der Waals surface area contributed by atoms with Gasteiger partial charge in [-0.3, -0.25) is 14.4 Å². The fourth-order valence-electron chi connectivity index (χ4n) is 3.19. The van der Waals surface area contributed by atoms with Crippen LogP contribution in [0.4, 0.5) is 8.78 Å². The summed E-state index contributed by atoms with van der Waals surface area (Å²) in [6, 6.07) is 0. The maximum absolute atomic E-state index is 13.9. The van der Waals surface area contributed by atoms with Crippen LogP contribution in [0.25, 0.3) is 0 Å². The average Bonchev–Trinajstić information content (AvgIpc) is 2.69. The smallest absolute Gasteiger partial charge is 0.312 e. The molecule has 0 aromatic carbocycles. The number of rotatable bonds is 14. The van der Waals surface area contributed by atoms with Gasteiger partial charge < -0.3 is 14.2 Å². The zero-order chi connectivity index (χ0) is 23.3. The van der Waals surface area contributed by atoms with Gasteiger partial charge in [0.05, 0.1) is 18.6 Å². The number of halogens is 2. The zero-order valence-corrected chi connectivity index (χ0v) is 19.2. The van der Waals surface area contributed by atoms with Gasteiger partial charge in [0.1, 0.15) is 18.9 Å². The molecule has 0 aliphatic heterocycles. The molecule has 0 aromatic rings. The van der Waals surface area contributed by atoms with Crippen LogP contribution in [0.1, 0.15) is 97.8 Å². The molecule has 0 aromatic heterocycles. The zero-order valence-electron chi connectivity index (χ0n) is 19.2. The first kappa shape index (κ1) is 27.3. The summed E-state index contributed by atoms with van der Waals surface area (Å²) < 4.78 is 43.0. The summed E-state index contributed by atoms with van der Waals surface area (Å²) in [5.74, 6) is -5.68. The SMILES string of the molecule is CCC(C)(C)C(=O)OCCCCCCOC(=O)CC(F)(F)CC(=O)OC1CCCCC1. The van der Waals surface area contributed by atoms with Crippen LogP contribution in [0.2, 0.25) is 0 Å². The lowest BCUT2D eigenvalue weighted by atomic mass is 9.91. The first-order valence-corrected chi connectivity index (χ1v) is 11.5. The van der Waals surface area contributed by atoms with E-state index >= 15 is 0 Å². The topological polar surface area (TPSA) is 78.9 Å². The highest BCUT2D eigenvalue weighted by molar-refractivity contribution is 5.75. The fraction of sp³-hybridized carbons (Fsp3) is 0.870. The Hall–Kier alpha value is -1.73. The fourth-order valence-corrected chi connectivity index (χ4v) is 3.19. The van der Waals surface area contributed by atoms with E-state index < -0.39 is 36.1 Å². The monoisotopic (exact) mass is 448 g/mol. The molecule has 1 fully saturated rings. The second-order valence-corrected chi connectivity index (χ2v) is 8.97. The maximum Gasteiger partial charge on any atom is 0.312 e. The van der Waals surface area contributed by atoms with E-state index in [9.17, 15) is 23.2 Å². The lowest BCUT2D eigenvalue weighted by Crippen LogP contribution is -2.29. The molecule has 0 N–H and O–H groups in total. The molecule has 180 valence electrons. The van der Waals surface area contributed by atoms with Crippen LogP contribution in [0.15, 0.2) is 0 Å². The second-order valence-electron chi connectivity index (χ2n) is 8.97. The van der Waals surface area contributed by atoms with Crippen LogP contribution in [0, 0.1) is 5.41 Å². The van der Waals surface area contributed by atoms with Crippen molar-refractivity contribution < 1.29 is 37.4 Å². The Balaban J connectivity index is 2.09. The molecule has 0 radical (unpaired) electrons. The minimum atomic E-state index is -3.47. The van der Waals surface area contributed by atoms with Gasteiger partial charge in [-0.25, -0.2) is 8.78 Å². The molecule has 1 rings (SSSR count). The Labute approximate surface area is 184 Å².